The number of rotatable bonds is 4. The average Bonchev–Trinajstić information content (AvgIpc) is 2.84. The molecule has 0 aliphatic rings. The zero-order chi connectivity index (χ0) is 15.6. The van der Waals surface area contributed by atoms with Crippen LogP contribution in [0.1, 0.15) is 37.5 Å². The second kappa shape index (κ2) is 6.15. The first kappa shape index (κ1) is 16.0. The molecule has 1 aromatic carbocycles. The molecule has 0 saturated carbocycles. The van der Waals surface area contributed by atoms with Crippen LogP contribution in [0.15, 0.2) is 34.1 Å². The maximum Gasteiger partial charge on any atom is 0.332 e. The normalized spacial score (nSPS) is 13.0. The van der Waals surface area contributed by atoms with Crippen LogP contribution in [0.25, 0.3) is 0 Å². The molecule has 0 amide bonds. The highest BCUT2D eigenvalue weighted by Crippen LogP contribution is 2.29. The highest BCUT2D eigenvalue weighted by molar-refractivity contribution is 9.10. The van der Waals surface area contributed by atoms with Crippen LogP contribution in [-0.4, -0.2) is 16.1 Å². The van der Waals surface area contributed by atoms with Gasteiger partial charge in [-0.2, -0.15) is 0 Å². The Kier molecular flexibility index (Phi) is 4.68. The SMILES string of the molecule is CC(C)(C)c1nc(C(Nc2cccc(Br)c2)C(=O)O)cs1. The maximum atomic E-state index is 11.5. The molecule has 1 aromatic heterocycles. The minimum absolute atomic E-state index is 0.0816. The van der Waals surface area contributed by atoms with Gasteiger partial charge in [-0.05, 0) is 18.2 Å². The summed E-state index contributed by atoms with van der Waals surface area (Å²) in [6.45, 7) is 6.19. The van der Waals surface area contributed by atoms with E-state index in [9.17, 15) is 9.90 Å². The zero-order valence-electron chi connectivity index (χ0n) is 12.1. The van der Waals surface area contributed by atoms with Gasteiger partial charge in [0.05, 0.1) is 10.7 Å². The zero-order valence-corrected chi connectivity index (χ0v) is 14.5. The number of aliphatic carboxylic acids is 1. The molecule has 6 heteroatoms. The Labute approximate surface area is 136 Å². The minimum Gasteiger partial charge on any atom is -0.479 e. The predicted molar refractivity (Wildman–Crippen MR) is 89.0 cm³/mol. The molecule has 1 heterocycles. The van der Waals surface area contributed by atoms with E-state index in [2.05, 4.69) is 47.0 Å². The smallest absolute Gasteiger partial charge is 0.332 e. The Bertz CT molecular complexity index is 649. The van der Waals surface area contributed by atoms with Crippen molar-refractivity contribution in [2.24, 2.45) is 0 Å². The van der Waals surface area contributed by atoms with Crippen LogP contribution >= 0.6 is 27.3 Å². The molecule has 2 aromatic rings. The van der Waals surface area contributed by atoms with Crippen LogP contribution in [0.5, 0.6) is 0 Å². The van der Waals surface area contributed by atoms with Gasteiger partial charge in [0.1, 0.15) is 0 Å². The molecule has 1 unspecified atom stereocenters. The number of anilines is 1. The molecule has 2 N–H and O–H groups in total. The maximum absolute atomic E-state index is 11.5. The van der Waals surface area contributed by atoms with Crippen LogP contribution in [0.2, 0.25) is 0 Å². The van der Waals surface area contributed by atoms with E-state index in [1.54, 1.807) is 0 Å². The lowest BCUT2D eigenvalue weighted by molar-refractivity contribution is -0.138. The molecule has 0 radical (unpaired) electrons. The number of nitrogens with zero attached hydrogens (tertiary/aromatic N) is 1. The summed E-state index contributed by atoms with van der Waals surface area (Å²) in [5.74, 6) is -0.944. The predicted octanol–water partition coefficient (Wildman–Crippen LogP) is 4.44. The number of nitrogens with one attached hydrogen (secondary N) is 1. The van der Waals surface area contributed by atoms with Crippen LogP contribution in [0.3, 0.4) is 0 Å². The topological polar surface area (TPSA) is 62.2 Å². The van der Waals surface area contributed by atoms with Gasteiger partial charge in [-0.1, -0.05) is 42.8 Å². The summed E-state index contributed by atoms with van der Waals surface area (Å²) in [7, 11) is 0. The van der Waals surface area contributed by atoms with Gasteiger partial charge in [-0.3, -0.25) is 0 Å². The van der Waals surface area contributed by atoms with Crippen molar-refractivity contribution >= 4 is 38.9 Å². The first-order valence-electron chi connectivity index (χ1n) is 6.48. The molecule has 4 nitrogen and oxygen atoms in total. The quantitative estimate of drug-likeness (QED) is 0.836. The lowest BCUT2D eigenvalue weighted by Gasteiger charge is -2.16. The highest BCUT2D eigenvalue weighted by atomic mass is 79.9. The number of hydrogen-bond acceptors (Lipinski definition) is 4. The molecule has 1 atom stereocenters. The number of benzene rings is 1. The summed E-state index contributed by atoms with van der Waals surface area (Å²) in [5.41, 5.74) is 1.20. The minimum atomic E-state index is -0.944. The number of thiazole rings is 1. The number of carbonyl (C=O) groups is 1. The van der Waals surface area contributed by atoms with Gasteiger partial charge in [-0.15, -0.1) is 11.3 Å². The van der Waals surface area contributed by atoms with Crippen molar-refractivity contribution in [3.8, 4) is 0 Å². The van der Waals surface area contributed by atoms with Crippen molar-refractivity contribution in [3.63, 3.8) is 0 Å². The van der Waals surface area contributed by atoms with Crippen LogP contribution in [0, 0.1) is 0 Å². The average molecular weight is 369 g/mol. The fraction of sp³-hybridized carbons (Fsp3) is 0.333. The second-order valence-electron chi connectivity index (χ2n) is 5.75. The van der Waals surface area contributed by atoms with E-state index in [4.69, 9.17) is 0 Å². The standard InChI is InChI=1S/C15H17BrN2O2S/c1-15(2,3)14-18-11(8-21-14)12(13(19)20)17-10-6-4-5-9(16)7-10/h4-8,12,17H,1-3H3,(H,19,20). The fourth-order valence-corrected chi connectivity index (χ4v) is 3.10. The summed E-state index contributed by atoms with van der Waals surface area (Å²) in [5, 5.41) is 15.2. The van der Waals surface area contributed by atoms with Crippen molar-refractivity contribution < 1.29 is 9.90 Å². The Morgan fingerprint density at radius 3 is 2.67 bits per heavy atom. The number of aromatic nitrogens is 1. The molecule has 0 saturated heterocycles. The molecular weight excluding hydrogens is 352 g/mol. The van der Waals surface area contributed by atoms with Crippen molar-refractivity contribution in [2.75, 3.05) is 5.32 Å². The molecular formula is C15H17BrN2O2S. The van der Waals surface area contributed by atoms with Gasteiger partial charge >= 0.3 is 5.97 Å². The fourth-order valence-electron chi connectivity index (χ4n) is 1.77. The van der Waals surface area contributed by atoms with E-state index >= 15 is 0 Å². The Balaban J connectivity index is 2.27. The number of halogens is 1. The van der Waals surface area contributed by atoms with Gasteiger partial charge in [0.25, 0.3) is 0 Å². The third-order valence-corrected chi connectivity index (χ3v) is 4.62. The van der Waals surface area contributed by atoms with Gasteiger partial charge in [0, 0.05) is 21.0 Å². The molecule has 0 fully saturated rings. The van der Waals surface area contributed by atoms with E-state index < -0.39 is 12.0 Å². The van der Waals surface area contributed by atoms with E-state index in [1.165, 1.54) is 11.3 Å². The van der Waals surface area contributed by atoms with Crippen molar-refractivity contribution in [3.05, 3.63) is 44.8 Å². The third-order valence-electron chi connectivity index (χ3n) is 2.84. The lowest BCUT2D eigenvalue weighted by Crippen LogP contribution is -2.21. The first-order valence-corrected chi connectivity index (χ1v) is 8.15. The summed E-state index contributed by atoms with van der Waals surface area (Å²) < 4.78 is 0.894. The van der Waals surface area contributed by atoms with Gasteiger partial charge in [0.15, 0.2) is 6.04 Å². The van der Waals surface area contributed by atoms with E-state index in [1.807, 2.05) is 29.6 Å². The summed E-state index contributed by atoms with van der Waals surface area (Å²) in [4.78, 5) is 16.0. The Morgan fingerprint density at radius 1 is 1.43 bits per heavy atom. The largest absolute Gasteiger partial charge is 0.479 e. The monoisotopic (exact) mass is 368 g/mol. The molecule has 0 aliphatic carbocycles. The molecule has 112 valence electrons. The van der Waals surface area contributed by atoms with Gasteiger partial charge < -0.3 is 10.4 Å². The Morgan fingerprint density at radius 2 is 2.14 bits per heavy atom. The van der Waals surface area contributed by atoms with E-state index in [0.29, 0.717) is 5.69 Å². The molecule has 0 spiro atoms. The molecule has 0 aliphatic heterocycles. The van der Waals surface area contributed by atoms with Gasteiger partial charge in [0.2, 0.25) is 0 Å². The summed E-state index contributed by atoms with van der Waals surface area (Å²) in [6.07, 6.45) is 0. The van der Waals surface area contributed by atoms with Crippen molar-refractivity contribution in [2.45, 2.75) is 32.2 Å². The number of carboxylic acids is 1. The van der Waals surface area contributed by atoms with Crippen LogP contribution in [0.4, 0.5) is 5.69 Å². The third kappa shape index (κ3) is 4.04. The molecule has 0 bridgehead atoms. The second-order valence-corrected chi connectivity index (χ2v) is 7.53. The van der Waals surface area contributed by atoms with Crippen LogP contribution in [-0.2, 0) is 10.2 Å². The number of carboxylic acid groups (broad SMARTS) is 1. The van der Waals surface area contributed by atoms with Crippen molar-refractivity contribution in [1.29, 1.82) is 0 Å². The summed E-state index contributed by atoms with van der Waals surface area (Å²) in [6, 6.07) is 6.56. The van der Waals surface area contributed by atoms with Crippen LogP contribution < -0.4 is 5.32 Å². The van der Waals surface area contributed by atoms with Gasteiger partial charge in [-0.25, -0.2) is 9.78 Å². The lowest BCUT2D eigenvalue weighted by atomic mass is 9.98. The van der Waals surface area contributed by atoms with Crippen molar-refractivity contribution in [1.82, 2.24) is 4.98 Å². The van der Waals surface area contributed by atoms with E-state index in [0.717, 1.165) is 15.2 Å². The molecule has 2 rings (SSSR count). The summed E-state index contributed by atoms with van der Waals surface area (Å²) >= 11 is 4.87. The number of hydrogen-bond donors (Lipinski definition) is 2. The Hall–Kier alpha value is -1.40. The van der Waals surface area contributed by atoms with E-state index in [-0.39, 0.29) is 5.41 Å². The molecule has 21 heavy (non-hydrogen) atoms. The highest BCUT2D eigenvalue weighted by Gasteiger charge is 2.25. The first-order chi connectivity index (χ1) is 9.77.